The summed E-state index contributed by atoms with van der Waals surface area (Å²) in [6.45, 7) is 0.827. The molecule has 18 heavy (non-hydrogen) atoms. The van der Waals surface area contributed by atoms with Crippen LogP contribution in [-0.4, -0.2) is 19.0 Å². The molecule has 0 amide bonds. The number of rotatable bonds is 3. The Bertz CT molecular complexity index is 367. The molecule has 0 saturated heterocycles. The van der Waals surface area contributed by atoms with Crippen LogP contribution >= 0.6 is 0 Å². The third-order valence-electron chi connectivity index (χ3n) is 3.47. The van der Waals surface area contributed by atoms with Gasteiger partial charge in [0.25, 0.3) is 0 Å². The lowest BCUT2D eigenvalue weighted by molar-refractivity contribution is 0.410. The fourth-order valence-corrected chi connectivity index (χ4v) is 2.42. The zero-order chi connectivity index (χ0) is 12.6. The van der Waals surface area contributed by atoms with Gasteiger partial charge in [0.2, 0.25) is 0 Å². The van der Waals surface area contributed by atoms with Gasteiger partial charge in [-0.25, -0.2) is 0 Å². The molecule has 1 saturated carbocycles. The highest BCUT2D eigenvalue weighted by molar-refractivity contribution is 5.79. The molecular weight excluding hydrogens is 222 g/mol. The molecule has 2 rings (SSSR count). The highest BCUT2D eigenvalue weighted by atomic mass is 15.2. The van der Waals surface area contributed by atoms with Crippen LogP contribution in [0.4, 0.5) is 0 Å². The average Bonchev–Trinajstić information content (AvgIpc) is 2.45. The van der Waals surface area contributed by atoms with E-state index in [1.807, 2.05) is 13.1 Å². The summed E-state index contributed by atoms with van der Waals surface area (Å²) in [7, 11) is 1.84. The quantitative estimate of drug-likeness (QED) is 0.634. The Balaban J connectivity index is 1.79. The van der Waals surface area contributed by atoms with Gasteiger partial charge in [-0.15, -0.1) is 0 Å². The maximum atomic E-state index is 4.29. The lowest BCUT2D eigenvalue weighted by atomic mass is 9.96. The van der Waals surface area contributed by atoms with Gasteiger partial charge in [0.15, 0.2) is 5.96 Å². The first-order chi connectivity index (χ1) is 8.88. The van der Waals surface area contributed by atoms with Crippen molar-refractivity contribution in [2.24, 2.45) is 4.99 Å². The van der Waals surface area contributed by atoms with Crippen LogP contribution in [0.1, 0.15) is 37.7 Å². The van der Waals surface area contributed by atoms with Gasteiger partial charge in [0, 0.05) is 19.6 Å². The monoisotopic (exact) mass is 245 g/mol. The van der Waals surface area contributed by atoms with Gasteiger partial charge in [0.05, 0.1) is 0 Å². The van der Waals surface area contributed by atoms with Crippen LogP contribution in [0.15, 0.2) is 35.3 Å². The van der Waals surface area contributed by atoms with Crippen molar-refractivity contribution in [1.29, 1.82) is 0 Å². The Morgan fingerprint density at radius 2 is 1.89 bits per heavy atom. The topological polar surface area (TPSA) is 36.4 Å². The fraction of sp³-hybridized carbons (Fsp3) is 0.533. The number of hydrogen-bond acceptors (Lipinski definition) is 1. The van der Waals surface area contributed by atoms with Crippen molar-refractivity contribution in [2.45, 2.75) is 44.7 Å². The molecule has 0 aromatic heterocycles. The summed E-state index contributed by atoms with van der Waals surface area (Å²) in [5.41, 5.74) is 1.28. The van der Waals surface area contributed by atoms with Gasteiger partial charge < -0.3 is 10.6 Å². The van der Waals surface area contributed by atoms with Crippen LogP contribution in [0.3, 0.4) is 0 Å². The predicted molar refractivity (Wildman–Crippen MR) is 76.6 cm³/mol. The van der Waals surface area contributed by atoms with Gasteiger partial charge in [-0.05, 0) is 18.4 Å². The van der Waals surface area contributed by atoms with E-state index < -0.39 is 0 Å². The summed E-state index contributed by atoms with van der Waals surface area (Å²) in [5.74, 6) is 0.922. The maximum absolute atomic E-state index is 4.29. The van der Waals surface area contributed by atoms with E-state index in [9.17, 15) is 0 Å². The summed E-state index contributed by atoms with van der Waals surface area (Å²) in [5, 5.41) is 6.89. The second-order valence-electron chi connectivity index (χ2n) is 4.89. The number of guanidine groups is 1. The molecule has 0 radical (unpaired) electrons. The van der Waals surface area contributed by atoms with Crippen molar-refractivity contribution in [3.05, 3.63) is 35.9 Å². The smallest absolute Gasteiger partial charge is 0.191 e. The van der Waals surface area contributed by atoms with E-state index in [0.717, 1.165) is 12.5 Å². The zero-order valence-corrected chi connectivity index (χ0v) is 11.2. The van der Waals surface area contributed by atoms with Crippen molar-refractivity contribution < 1.29 is 0 Å². The molecule has 0 spiro atoms. The van der Waals surface area contributed by atoms with Crippen LogP contribution in [-0.2, 0) is 6.54 Å². The second kappa shape index (κ2) is 7.04. The standard InChI is InChI=1S/C15H23N3/c1-16-15(18-14-10-6-3-7-11-14)17-12-13-8-4-2-5-9-13/h2,4-5,8-9,14H,3,6-7,10-12H2,1H3,(H2,16,17,18). The molecule has 0 aliphatic heterocycles. The Labute approximate surface area is 110 Å². The molecule has 0 unspecified atom stereocenters. The molecule has 3 nitrogen and oxygen atoms in total. The summed E-state index contributed by atoms with van der Waals surface area (Å²) in [6, 6.07) is 11.0. The van der Waals surface area contributed by atoms with Gasteiger partial charge in [-0.2, -0.15) is 0 Å². The Morgan fingerprint density at radius 1 is 1.17 bits per heavy atom. The molecule has 0 heterocycles. The van der Waals surface area contributed by atoms with Crippen LogP contribution in [0.25, 0.3) is 0 Å². The van der Waals surface area contributed by atoms with Crippen molar-refractivity contribution in [3.63, 3.8) is 0 Å². The van der Waals surface area contributed by atoms with E-state index in [-0.39, 0.29) is 0 Å². The van der Waals surface area contributed by atoms with E-state index >= 15 is 0 Å². The molecule has 0 atom stereocenters. The number of aliphatic imine (C=N–C) groups is 1. The lowest BCUT2D eigenvalue weighted by Gasteiger charge is -2.24. The van der Waals surface area contributed by atoms with Crippen LogP contribution in [0.2, 0.25) is 0 Å². The summed E-state index contributed by atoms with van der Waals surface area (Å²) >= 11 is 0. The molecule has 1 aliphatic rings. The van der Waals surface area contributed by atoms with Gasteiger partial charge >= 0.3 is 0 Å². The van der Waals surface area contributed by atoms with Crippen molar-refractivity contribution in [2.75, 3.05) is 7.05 Å². The number of hydrogen-bond donors (Lipinski definition) is 2. The third-order valence-corrected chi connectivity index (χ3v) is 3.47. The third kappa shape index (κ3) is 4.06. The van der Waals surface area contributed by atoms with E-state index in [4.69, 9.17) is 0 Å². The number of nitrogens with one attached hydrogen (secondary N) is 2. The Morgan fingerprint density at radius 3 is 2.56 bits per heavy atom. The van der Waals surface area contributed by atoms with Gasteiger partial charge in [0.1, 0.15) is 0 Å². The predicted octanol–water partition coefficient (Wildman–Crippen LogP) is 2.68. The highest BCUT2D eigenvalue weighted by Crippen LogP contribution is 2.17. The molecule has 3 heteroatoms. The molecule has 2 N–H and O–H groups in total. The molecular formula is C15H23N3. The summed E-state index contributed by atoms with van der Waals surface area (Å²) in [4.78, 5) is 4.29. The van der Waals surface area contributed by atoms with E-state index in [1.54, 1.807) is 0 Å². The molecule has 98 valence electrons. The Kier molecular flexibility index (Phi) is 5.06. The summed E-state index contributed by atoms with van der Waals surface area (Å²) in [6.07, 6.45) is 6.60. The van der Waals surface area contributed by atoms with Crippen LogP contribution in [0.5, 0.6) is 0 Å². The molecule has 0 bridgehead atoms. The molecule has 1 aliphatic carbocycles. The number of benzene rings is 1. The minimum absolute atomic E-state index is 0.598. The maximum Gasteiger partial charge on any atom is 0.191 e. The zero-order valence-electron chi connectivity index (χ0n) is 11.2. The minimum Gasteiger partial charge on any atom is -0.354 e. The van der Waals surface area contributed by atoms with E-state index in [0.29, 0.717) is 6.04 Å². The first kappa shape index (κ1) is 12.9. The van der Waals surface area contributed by atoms with Crippen molar-refractivity contribution >= 4 is 5.96 Å². The highest BCUT2D eigenvalue weighted by Gasteiger charge is 2.14. The number of nitrogens with zero attached hydrogens (tertiary/aromatic N) is 1. The van der Waals surface area contributed by atoms with Crippen molar-refractivity contribution in [3.8, 4) is 0 Å². The Hall–Kier alpha value is -1.51. The van der Waals surface area contributed by atoms with Crippen LogP contribution < -0.4 is 10.6 Å². The van der Waals surface area contributed by atoms with Gasteiger partial charge in [-0.3, -0.25) is 4.99 Å². The molecule has 1 aromatic carbocycles. The first-order valence-electron chi connectivity index (χ1n) is 6.89. The average molecular weight is 245 g/mol. The lowest BCUT2D eigenvalue weighted by Crippen LogP contribution is -2.43. The summed E-state index contributed by atoms with van der Waals surface area (Å²) < 4.78 is 0. The van der Waals surface area contributed by atoms with E-state index in [1.165, 1.54) is 37.7 Å². The van der Waals surface area contributed by atoms with Gasteiger partial charge in [-0.1, -0.05) is 49.6 Å². The fourth-order valence-electron chi connectivity index (χ4n) is 2.42. The molecule has 1 fully saturated rings. The van der Waals surface area contributed by atoms with Crippen LogP contribution in [0, 0.1) is 0 Å². The molecule has 1 aromatic rings. The van der Waals surface area contributed by atoms with Crippen molar-refractivity contribution in [1.82, 2.24) is 10.6 Å². The normalized spacial score (nSPS) is 17.5. The van der Waals surface area contributed by atoms with E-state index in [2.05, 4.69) is 39.9 Å². The first-order valence-corrected chi connectivity index (χ1v) is 6.89. The minimum atomic E-state index is 0.598. The SMILES string of the molecule is CN=C(NCc1ccccc1)NC1CCCCC1. The second-order valence-corrected chi connectivity index (χ2v) is 4.89. The largest absolute Gasteiger partial charge is 0.354 e.